The van der Waals surface area contributed by atoms with Gasteiger partial charge in [0.1, 0.15) is 17.1 Å². The van der Waals surface area contributed by atoms with Crippen molar-refractivity contribution in [2.24, 2.45) is 5.92 Å². The van der Waals surface area contributed by atoms with Crippen LogP contribution in [-0.2, 0) is 11.0 Å². The van der Waals surface area contributed by atoms with E-state index in [0.29, 0.717) is 28.9 Å². The molecule has 57 heavy (non-hydrogen) atoms. The van der Waals surface area contributed by atoms with Crippen LogP contribution in [0, 0.1) is 5.92 Å². The van der Waals surface area contributed by atoms with E-state index in [1.165, 1.54) is 13.2 Å². The monoisotopic (exact) mass is 785 g/mol. The van der Waals surface area contributed by atoms with Gasteiger partial charge in [0, 0.05) is 61.5 Å². The normalized spacial score (nSPS) is 23.8. The van der Waals surface area contributed by atoms with Crippen molar-refractivity contribution in [2.75, 3.05) is 43.5 Å². The van der Waals surface area contributed by atoms with E-state index in [9.17, 15) is 37.1 Å². The van der Waals surface area contributed by atoms with Crippen molar-refractivity contribution >= 4 is 51.9 Å². The molecule has 2 aromatic carbocycles. The zero-order valence-electron chi connectivity index (χ0n) is 30.8. The molecule has 4 aromatic rings. The molecule has 9 rings (SSSR count). The van der Waals surface area contributed by atoms with Gasteiger partial charge in [0.05, 0.1) is 42.0 Å². The maximum Gasteiger partial charge on any atom is 0.433 e. The Morgan fingerprint density at radius 2 is 1.74 bits per heavy atom. The first-order valence-corrected chi connectivity index (χ1v) is 18.9. The number of alkyl halides is 3. The Hall–Kier alpha value is -6.04. The van der Waals surface area contributed by atoms with Gasteiger partial charge in [-0.25, -0.2) is 14.8 Å². The minimum absolute atomic E-state index is 0.000595. The van der Waals surface area contributed by atoms with Gasteiger partial charge in [-0.3, -0.25) is 34.1 Å². The second-order valence-corrected chi connectivity index (χ2v) is 15.3. The van der Waals surface area contributed by atoms with Crippen LogP contribution in [-0.4, -0.2) is 105 Å². The number of hydrazine groups is 1. The van der Waals surface area contributed by atoms with E-state index in [0.717, 1.165) is 85.0 Å². The van der Waals surface area contributed by atoms with Crippen LogP contribution in [0.3, 0.4) is 0 Å². The number of carbonyl (C=O) groups excluding carboxylic acids is 5. The zero-order chi connectivity index (χ0) is 39.7. The van der Waals surface area contributed by atoms with Gasteiger partial charge in [-0.05, 0) is 74.4 Å². The average molecular weight is 786 g/mol. The Kier molecular flexibility index (Phi) is 8.90. The Labute approximate surface area is 323 Å². The summed E-state index contributed by atoms with van der Waals surface area (Å²) in [5.74, 6) is -1.54. The SMILES string of the molecule is COc1cc2nn(C3CCC(CN4C[C@H]5C[C@@H]4CN5c4ccc5c(c4)C(=O)N(N4CCC(=O)NC4=O)C5=O)CC3)cc2cc1NC(=O)c1cccc(C(F)(F)F)n1. The summed E-state index contributed by atoms with van der Waals surface area (Å²) in [7, 11) is 1.44. The molecule has 2 N–H and O–H groups in total. The quantitative estimate of drug-likeness (QED) is 0.236. The molecule has 2 bridgehead atoms. The Bertz CT molecular complexity index is 2340. The number of hydrogen-bond donors (Lipinski definition) is 2. The number of hydrogen-bond acceptors (Lipinski definition) is 10. The number of aromatic nitrogens is 3. The van der Waals surface area contributed by atoms with E-state index in [1.54, 1.807) is 24.3 Å². The molecule has 0 spiro atoms. The number of nitrogens with zero attached hydrogens (tertiary/aromatic N) is 7. The third-order valence-electron chi connectivity index (χ3n) is 11.9. The highest BCUT2D eigenvalue weighted by Crippen LogP contribution is 2.40. The molecule has 296 valence electrons. The van der Waals surface area contributed by atoms with Crippen molar-refractivity contribution < 1.29 is 41.9 Å². The first kappa shape index (κ1) is 36.6. The summed E-state index contributed by atoms with van der Waals surface area (Å²) in [6, 6.07) is 11.9. The topological polar surface area (TPSA) is 162 Å². The largest absolute Gasteiger partial charge is 0.494 e. The Morgan fingerprint density at radius 1 is 0.947 bits per heavy atom. The van der Waals surface area contributed by atoms with Crippen LogP contribution in [0.2, 0.25) is 0 Å². The molecular formula is C39H38F3N9O6. The number of fused-ring (bicyclic) bond motifs is 4. The van der Waals surface area contributed by atoms with Crippen molar-refractivity contribution in [2.45, 2.75) is 62.8 Å². The van der Waals surface area contributed by atoms with E-state index in [2.05, 4.69) is 25.4 Å². The fourth-order valence-electron chi connectivity index (χ4n) is 9.00. The summed E-state index contributed by atoms with van der Waals surface area (Å²) in [6.07, 6.45) is 2.23. The van der Waals surface area contributed by atoms with E-state index in [1.807, 2.05) is 16.9 Å². The van der Waals surface area contributed by atoms with Crippen LogP contribution < -0.4 is 20.3 Å². The molecule has 3 saturated heterocycles. The number of pyridine rings is 1. The lowest BCUT2D eigenvalue weighted by atomic mass is 9.85. The van der Waals surface area contributed by atoms with Crippen LogP contribution in [0.5, 0.6) is 5.75 Å². The highest BCUT2D eigenvalue weighted by molar-refractivity contribution is 6.22. The molecule has 15 nitrogen and oxygen atoms in total. The highest BCUT2D eigenvalue weighted by Gasteiger charge is 2.46. The summed E-state index contributed by atoms with van der Waals surface area (Å²) < 4.78 is 47.0. The Balaban J connectivity index is 0.799. The molecule has 0 radical (unpaired) electrons. The molecule has 18 heteroatoms. The average Bonchev–Trinajstić information content (AvgIpc) is 3.97. The standard InChI is InChI=1S/C39H38F3N9O6/c1-57-32-16-30-22(13-31(32)44-35(53)29-3-2-4-33(43-29)39(40,41)42)18-49(46-30)23-7-5-21(6-8-23)17-47-19-26-14-25(47)20-48(26)24-9-10-27-28(15-24)37(55)51(36(27)54)50-12-11-34(52)45-38(50)56/h2-4,9-10,13,15-16,18,21,23,25-26H,5-8,11-12,14,17,19-20H2,1H3,(H,44,53)(H,45,52,56)/t21?,23?,25-,26-/m1/s1. The molecule has 4 aliphatic heterocycles. The van der Waals surface area contributed by atoms with Gasteiger partial charge in [-0.1, -0.05) is 6.07 Å². The van der Waals surface area contributed by atoms with Gasteiger partial charge in [0.2, 0.25) is 5.91 Å². The van der Waals surface area contributed by atoms with Crippen molar-refractivity contribution in [3.63, 3.8) is 0 Å². The van der Waals surface area contributed by atoms with Crippen LogP contribution in [0.25, 0.3) is 10.9 Å². The molecule has 2 atom stereocenters. The number of piperazine rings is 1. The van der Waals surface area contributed by atoms with Gasteiger partial charge in [-0.2, -0.15) is 23.3 Å². The number of halogens is 3. The predicted octanol–water partition coefficient (Wildman–Crippen LogP) is 4.86. The number of imide groups is 2. The van der Waals surface area contributed by atoms with Gasteiger partial charge in [0.25, 0.3) is 17.7 Å². The first-order chi connectivity index (χ1) is 27.3. The molecule has 4 fully saturated rings. The smallest absolute Gasteiger partial charge is 0.433 e. The number of carbonyl (C=O) groups is 5. The van der Waals surface area contributed by atoms with Crippen LogP contribution in [0.1, 0.15) is 81.5 Å². The molecule has 6 amide bonds. The first-order valence-electron chi connectivity index (χ1n) is 18.9. The molecule has 0 unspecified atom stereocenters. The fraction of sp³-hybridized carbons (Fsp3) is 0.410. The van der Waals surface area contributed by atoms with Crippen molar-refractivity contribution in [1.82, 2.24) is 35.0 Å². The number of methoxy groups -OCH3 is 1. The summed E-state index contributed by atoms with van der Waals surface area (Å²) in [6.45, 7) is 2.66. The third-order valence-corrected chi connectivity index (χ3v) is 11.9. The minimum Gasteiger partial charge on any atom is -0.494 e. The fourth-order valence-corrected chi connectivity index (χ4v) is 9.00. The number of ether oxygens (including phenoxy) is 1. The second kappa shape index (κ2) is 13.9. The van der Waals surface area contributed by atoms with Crippen molar-refractivity contribution in [3.05, 3.63) is 77.2 Å². The maximum absolute atomic E-state index is 13.4. The van der Waals surface area contributed by atoms with Crippen LogP contribution in [0.15, 0.2) is 54.7 Å². The maximum atomic E-state index is 13.4. The number of benzene rings is 2. The minimum atomic E-state index is -4.68. The molecular weight excluding hydrogens is 747 g/mol. The third kappa shape index (κ3) is 6.60. The number of nitrogens with one attached hydrogen (secondary N) is 2. The van der Waals surface area contributed by atoms with Crippen LogP contribution >= 0.6 is 0 Å². The molecule has 6 heterocycles. The van der Waals surface area contributed by atoms with Gasteiger partial charge in [-0.15, -0.1) is 0 Å². The van der Waals surface area contributed by atoms with E-state index in [4.69, 9.17) is 9.84 Å². The molecule has 5 aliphatic rings. The lowest BCUT2D eigenvalue weighted by molar-refractivity contribution is -0.141. The number of likely N-dealkylation sites (tertiary alicyclic amines) is 1. The molecule has 1 saturated carbocycles. The lowest BCUT2D eigenvalue weighted by Gasteiger charge is -2.38. The number of anilines is 2. The van der Waals surface area contributed by atoms with Gasteiger partial charge in [0.15, 0.2) is 0 Å². The van der Waals surface area contributed by atoms with Crippen LogP contribution in [0.4, 0.5) is 29.3 Å². The zero-order valence-corrected chi connectivity index (χ0v) is 30.8. The molecule has 1 aliphatic carbocycles. The predicted molar refractivity (Wildman–Crippen MR) is 197 cm³/mol. The summed E-state index contributed by atoms with van der Waals surface area (Å²) in [5, 5.41) is 12.2. The summed E-state index contributed by atoms with van der Waals surface area (Å²) in [4.78, 5) is 71.8. The van der Waals surface area contributed by atoms with Gasteiger partial charge < -0.3 is 15.0 Å². The Morgan fingerprint density at radius 3 is 2.46 bits per heavy atom. The number of amides is 6. The summed E-state index contributed by atoms with van der Waals surface area (Å²) in [5.41, 5.74) is 0.809. The van der Waals surface area contributed by atoms with Crippen molar-refractivity contribution in [1.29, 1.82) is 0 Å². The van der Waals surface area contributed by atoms with E-state index >= 15 is 0 Å². The second-order valence-electron chi connectivity index (χ2n) is 15.3. The van der Waals surface area contributed by atoms with E-state index in [-0.39, 0.29) is 41.9 Å². The van der Waals surface area contributed by atoms with E-state index < -0.39 is 41.5 Å². The highest BCUT2D eigenvalue weighted by atomic mass is 19.4. The van der Waals surface area contributed by atoms with Gasteiger partial charge >= 0.3 is 12.2 Å². The van der Waals surface area contributed by atoms with Crippen molar-refractivity contribution in [3.8, 4) is 5.75 Å². The summed E-state index contributed by atoms with van der Waals surface area (Å²) >= 11 is 0. The number of rotatable bonds is 8. The lowest BCUT2D eigenvalue weighted by Crippen LogP contribution is -2.58. The number of urea groups is 1. The molecule has 2 aromatic heterocycles.